The molecule has 0 spiro atoms. The van der Waals surface area contributed by atoms with E-state index in [9.17, 15) is 0 Å². The Morgan fingerprint density at radius 1 is 1.05 bits per heavy atom. The zero-order chi connectivity index (χ0) is 14.7. The topological polar surface area (TPSA) is 43.9 Å². The third-order valence-electron chi connectivity index (χ3n) is 2.56. The monoisotopic (exact) mass is 479 g/mol. The average Bonchev–Trinajstić information content (AvgIpc) is 2.84. The quantitative estimate of drug-likeness (QED) is 0.624. The van der Waals surface area contributed by atoms with Gasteiger partial charge in [-0.05, 0) is 0 Å². The predicted octanol–water partition coefficient (Wildman–Crippen LogP) is 2.19. The van der Waals surface area contributed by atoms with E-state index in [1.807, 2.05) is 17.9 Å². The molecule has 0 radical (unpaired) electrons. The fraction of sp³-hybridized carbons (Fsp3) is 0.538. The molecule has 6 heteroatoms. The normalized spacial score (nSPS) is 11.9. The van der Waals surface area contributed by atoms with Crippen molar-refractivity contribution in [2.24, 2.45) is 7.05 Å². The van der Waals surface area contributed by atoms with Gasteiger partial charge in [0, 0.05) is 0 Å². The summed E-state index contributed by atoms with van der Waals surface area (Å²) >= 11 is -3.75. The molecule has 2 aromatic rings. The Labute approximate surface area is 124 Å². The molecular weight excluding hydrogens is 452 g/mol. The molecule has 2 rings (SSSR count). The van der Waals surface area contributed by atoms with Crippen molar-refractivity contribution in [3.63, 3.8) is 0 Å². The first kappa shape index (κ1) is 17.1. The van der Waals surface area contributed by atoms with Crippen LogP contribution in [-0.4, -0.2) is 51.5 Å². The second kappa shape index (κ2) is 6.65. The van der Waals surface area contributed by atoms with E-state index in [-0.39, 0.29) is 0 Å². The van der Waals surface area contributed by atoms with Gasteiger partial charge in [0.25, 0.3) is 0 Å². The van der Waals surface area contributed by atoms with Gasteiger partial charge in [-0.2, -0.15) is 0 Å². The van der Waals surface area contributed by atoms with Crippen LogP contribution in [0.15, 0.2) is 29.1 Å². The summed E-state index contributed by atoms with van der Waals surface area (Å²) in [5.41, 5.74) is 0. The first-order chi connectivity index (χ1) is 8.60. The third kappa shape index (κ3) is 5.89. The van der Waals surface area contributed by atoms with Crippen LogP contribution >= 0.6 is 0 Å². The van der Waals surface area contributed by atoms with Crippen LogP contribution in [0.4, 0.5) is 0 Å². The standard InChI is InChI=1S/C4H5N2.C3H2NO.6CH3.2Sn/c1-6-4-2-3-5-6;1-2-5-3-4-1;;;;;;;;/h2,4H,1H3;1-2H;6*1H3;;. The molecule has 0 aliphatic carbocycles. The van der Waals surface area contributed by atoms with Gasteiger partial charge < -0.3 is 0 Å². The van der Waals surface area contributed by atoms with E-state index >= 15 is 0 Å². The van der Waals surface area contributed by atoms with E-state index < -0.39 is 36.8 Å². The van der Waals surface area contributed by atoms with E-state index in [4.69, 9.17) is 4.42 Å². The van der Waals surface area contributed by atoms with Crippen molar-refractivity contribution in [1.82, 2.24) is 14.8 Å². The zero-order valence-electron chi connectivity index (χ0n) is 13.1. The average molecular weight is 477 g/mol. The van der Waals surface area contributed by atoms with E-state index in [1.54, 1.807) is 12.5 Å². The predicted molar refractivity (Wildman–Crippen MR) is 85.7 cm³/mol. The summed E-state index contributed by atoms with van der Waals surface area (Å²) in [5, 5.41) is 4.39. The number of nitrogens with zero attached hydrogens (tertiary/aromatic N) is 3. The van der Waals surface area contributed by atoms with Crippen LogP contribution in [0, 0.1) is 0 Å². The number of aromatic nitrogens is 3. The summed E-state index contributed by atoms with van der Waals surface area (Å²) in [4.78, 5) is 18.1. The molecule has 0 bridgehead atoms. The number of aryl methyl sites for hydroxylation is 1. The second-order valence-corrected chi connectivity index (χ2v) is 35.1. The summed E-state index contributed by atoms with van der Waals surface area (Å²) in [6, 6.07) is 2.15. The van der Waals surface area contributed by atoms with Gasteiger partial charge in [0.05, 0.1) is 0 Å². The Morgan fingerprint density at radius 3 is 1.89 bits per heavy atom. The van der Waals surface area contributed by atoms with Crippen LogP contribution in [0.1, 0.15) is 0 Å². The molecule has 19 heavy (non-hydrogen) atoms. The Bertz CT molecular complexity index is 493. The molecule has 0 aromatic carbocycles. The minimum atomic E-state index is -1.93. The number of hydrogen-bond acceptors (Lipinski definition) is 3. The first-order valence-corrected chi connectivity index (χ1v) is 26.5. The molecule has 2 heterocycles. The summed E-state index contributed by atoms with van der Waals surface area (Å²) in [6.45, 7) is 0. The maximum atomic E-state index is 5.18. The molecule has 0 atom stereocenters. The minimum absolute atomic E-state index is 1.00. The summed E-state index contributed by atoms with van der Waals surface area (Å²) < 4.78 is 9.43. The number of oxazole rings is 1. The van der Waals surface area contributed by atoms with Crippen LogP contribution in [-0.2, 0) is 7.05 Å². The molecule has 0 aliphatic heterocycles. The Balaban J connectivity index is 0.000000191. The van der Waals surface area contributed by atoms with Gasteiger partial charge in [0.15, 0.2) is 0 Å². The summed E-state index contributed by atoms with van der Waals surface area (Å²) in [5.74, 6) is 0. The van der Waals surface area contributed by atoms with Gasteiger partial charge in [-0.15, -0.1) is 0 Å². The SMILES string of the molecule is Cn1cc[c]([Sn]([CH3])([CH3])[CH3])n1.[CH3][Sn]([CH3])([CH3])[c]1ncco1. The molecule has 0 saturated carbocycles. The van der Waals surface area contributed by atoms with E-state index in [1.165, 1.54) is 3.71 Å². The Kier molecular flexibility index (Phi) is 5.97. The van der Waals surface area contributed by atoms with Crippen molar-refractivity contribution in [3.05, 3.63) is 24.7 Å². The van der Waals surface area contributed by atoms with Crippen molar-refractivity contribution in [1.29, 1.82) is 0 Å². The molecule has 0 aliphatic rings. The summed E-state index contributed by atoms with van der Waals surface area (Å²) in [6.07, 6.45) is 5.40. The van der Waals surface area contributed by atoms with Crippen LogP contribution in [0.25, 0.3) is 0 Å². The Morgan fingerprint density at radius 2 is 1.68 bits per heavy atom. The van der Waals surface area contributed by atoms with E-state index in [0.29, 0.717) is 0 Å². The van der Waals surface area contributed by atoms with Crippen LogP contribution < -0.4 is 7.62 Å². The summed E-state index contributed by atoms with van der Waals surface area (Å²) in [7, 11) is 1.97. The molecule has 0 saturated heterocycles. The van der Waals surface area contributed by atoms with Gasteiger partial charge in [-0.1, -0.05) is 0 Å². The molecule has 0 fully saturated rings. The molecular formula is C13H25N3OSn2. The van der Waals surface area contributed by atoms with Crippen molar-refractivity contribution in [2.45, 2.75) is 29.6 Å². The molecule has 0 N–H and O–H groups in total. The van der Waals surface area contributed by atoms with Crippen molar-refractivity contribution >= 4 is 44.4 Å². The maximum absolute atomic E-state index is 5.18. The van der Waals surface area contributed by atoms with Gasteiger partial charge in [0.1, 0.15) is 0 Å². The van der Waals surface area contributed by atoms with Gasteiger partial charge >= 0.3 is 125 Å². The van der Waals surface area contributed by atoms with Crippen molar-refractivity contribution in [3.8, 4) is 0 Å². The van der Waals surface area contributed by atoms with Gasteiger partial charge in [-0.3, -0.25) is 0 Å². The van der Waals surface area contributed by atoms with Gasteiger partial charge in [-0.25, -0.2) is 0 Å². The van der Waals surface area contributed by atoms with Crippen LogP contribution in [0.3, 0.4) is 0 Å². The number of hydrogen-bond donors (Lipinski definition) is 0. The van der Waals surface area contributed by atoms with Crippen molar-refractivity contribution in [2.75, 3.05) is 0 Å². The fourth-order valence-corrected chi connectivity index (χ4v) is 6.88. The molecule has 0 amide bonds. The molecule has 0 unspecified atom stereocenters. The number of rotatable bonds is 2. The Hall–Kier alpha value is 0.0174. The van der Waals surface area contributed by atoms with E-state index in [2.05, 4.69) is 45.8 Å². The van der Waals surface area contributed by atoms with Crippen LogP contribution in [0.2, 0.25) is 29.6 Å². The first-order valence-electron chi connectivity index (χ1n) is 6.51. The fourth-order valence-electron chi connectivity index (χ4n) is 1.41. The molecule has 4 nitrogen and oxygen atoms in total. The molecule has 106 valence electrons. The van der Waals surface area contributed by atoms with Gasteiger partial charge in [0.2, 0.25) is 0 Å². The molecule has 2 aromatic heterocycles. The third-order valence-corrected chi connectivity index (χ3v) is 12.1. The van der Waals surface area contributed by atoms with E-state index in [0.717, 1.165) is 3.91 Å². The van der Waals surface area contributed by atoms with Crippen LogP contribution in [0.5, 0.6) is 0 Å². The second-order valence-electron chi connectivity index (χ2n) is 6.71. The zero-order valence-corrected chi connectivity index (χ0v) is 18.8. The van der Waals surface area contributed by atoms with Crippen molar-refractivity contribution < 1.29 is 4.42 Å².